The van der Waals surface area contributed by atoms with E-state index in [1.807, 2.05) is 30.9 Å². The second-order valence-corrected chi connectivity index (χ2v) is 7.53. The fourth-order valence-electron chi connectivity index (χ4n) is 3.39. The largest absolute Gasteiger partial charge is 0.490 e. The SMILES string of the molecule is CCOc1cc(Br)c(CC(=O)N2CC(C)CC(C)C2)cc1OCC. The molecule has 0 bridgehead atoms. The molecule has 1 saturated heterocycles. The monoisotopic (exact) mass is 397 g/mol. The van der Waals surface area contributed by atoms with E-state index >= 15 is 0 Å². The molecule has 0 saturated carbocycles. The molecule has 134 valence electrons. The summed E-state index contributed by atoms with van der Waals surface area (Å²) in [4.78, 5) is 14.7. The van der Waals surface area contributed by atoms with Gasteiger partial charge in [0.1, 0.15) is 0 Å². The van der Waals surface area contributed by atoms with E-state index in [4.69, 9.17) is 9.47 Å². The number of rotatable bonds is 6. The first-order valence-electron chi connectivity index (χ1n) is 8.80. The zero-order valence-electron chi connectivity index (χ0n) is 15.1. The van der Waals surface area contributed by atoms with Crippen LogP contribution in [0.1, 0.15) is 39.7 Å². The average molecular weight is 398 g/mol. The summed E-state index contributed by atoms with van der Waals surface area (Å²) < 4.78 is 12.2. The van der Waals surface area contributed by atoms with Crippen molar-refractivity contribution in [3.63, 3.8) is 0 Å². The molecule has 2 atom stereocenters. The zero-order valence-corrected chi connectivity index (χ0v) is 16.7. The van der Waals surface area contributed by atoms with Crippen LogP contribution in [0.25, 0.3) is 0 Å². The minimum Gasteiger partial charge on any atom is -0.490 e. The number of amides is 1. The lowest BCUT2D eigenvalue weighted by atomic mass is 9.91. The van der Waals surface area contributed by atoms with Crippen LogP contribution in [0.2, 0.25) is 0 Å². The van der Waals surface area contributed by atoms with E-state index in [9.17, 15) is 4.79 Å². The molecule has 1 aromatic carbocycles. The van der Waals surface area contributed by atoms with Gasteiger partial charge in [-0.15, -0.1) is 0 Å². The highest BCUT2D eigenvalue weighted by molar-refractivity contribution is 9.10. The Labute approximate surface area is 153 Å². The number of carbonyl (C=O) groups excluding carboxylic acids is 1. The first-order valence-corrected chi connectivity index (χ1v) is 9.59. The molecule has 4 nitrogen and oxygen atoms in total. The molecule has 0 radical (unpaired) electrons. The number of benzene rings is 1. The molecular weight excluding hydrogens is 370 g/mol. The molecule has 0 aromatic heterocycles. The van der Waals surface area contributed by atoms with Crippen LogP contribution in [0.5, 0.6) is 11.5 Å². The second kappa shape index (κ2) is 8.75. The van der Waals surface area contributed by atoms with Crippen LogP contribution < -0.4 is 9.47 Å². The van der Waals surface area contributed by atoms with Gasteiger partial charge >= 0.3 is 0 Å². The lowest BCUT2D eigenvalue weighted by molar-refractivity contribution is -0.133. The maximum absolute atomic E-state index is 12.7. The number of piperidine rings is 1. The lowest BCUT2D eigenvalue weighted by Gasteiger charge is -2.35. The van der Waals surface area contributed by atoms with Crippen LogP contribution >= 0.6 is 15.9 Å². The molecule has 1 fully saturated rings. The second-order valence-electron chi connectivity index (χ2n) is 6.68. The molecule has 24 heavy (non-hydrogen) atoms. The third-order valence-electron chi connectivity index (χ3n) is 4.28. The van der Waals surface area contributed by atoms with E-state index in [1.54, 1.807) is 0 Å². The third kappa shape index (κ3) is 4.88. The number of carbonyl (C=O) groups is 1. The molecule has 2 rings (SSSR count). The van der Waals surface area contributed by atoms with Gasteiger partial charge in [0.2, 0.25) is 5.91 Å². The minimum atomic E-state index is 0.181. The molecule has 5 heteroatoms. The molecule has 0 spiro atoms. The van der Waals surface area contributed by atoms with Gasteiger partial charge in [0.15, 0.2) is 11.5 Å². The van der Waals surface area contributed by atoms with Crippen molar-refractivity contribution in [3.8, 4) is 11.5 Å². The van der Waals surface area contributed by atoms with Crippen molar-refractivity contribution >= 4 is 21.8 Å². The van der Waals surface area contributed by atoms with Gasteiger partial charge in [-0.1, -0.05) is 29.8 Å². The van der Waals surface area contributed by atoms with Crippen molar-refractivity contribution < 1.29 is 14.3 Å². The number of hydrogen-bond donors (Lipinski definition) is 0. The summed E-state index contributed by atoms with van der Waals surface area (Å²) in [7, 11) is 0. The van der Waals surface area contributed by atoms with Crippen molar-refractivity contribution in [1.29, 1.82) is 0 Å². The van der Waals surface area contributed by atoms with Gasteiger partial charge in [0.25, 0.3) is 0 Å². The van der Waals surface area contributed by atoms with E-state index in [2.05, 4.69) is 29.8 Å². The number of ether oxygens (including phenoxy) is 2. The summed E-state index contributed by atoms with van der Waals surface area (Å²) in [5, 5.41) is 0. The zero-order chi connectivity index (χ0) is 17.7. The summed E-state index contributed by atoms with van der Waals surface area (Å²) >= 11 is 3.57. The molecule has 1 aliphatic heterocycles. The van der Waals surface area contributed by atoms with Crippen LogP contribution in [0.3, 0.4) is 0 Å². The average Bonchev–Trinajstić information content (AvgIpc) is 2.51. The summed E-state index contributed by atoms with van der Waals surface area (Å²) in [6.45, 7) is 11.2. The molecule has 0 aliphatic carbocycles. The van der Waals surface area contributed by atoms with Gasteiger partial charge < -0.3 is 14.4 Å². The van der Waals surface area contributed by atoms with Crippen molar-refractivity contribution in [2.45, 2.75) is 40.5 Å². The Hall–Kier alpha value is -1.23. The number of nitrogens with zero attached hydrogens (tertiary/aromatic N) is 1. The van der Waals surface area contributed by atoms with Gasteiger partial charge in [-0.05, 0) is 49.8 Å². The number of halogens is 1. The van der Waals surface area contributed by atoms with E-state index < -0.39 is 0 Å². The molecule has 1 amide bonds. The predicted molar refractivity (Wildman–Crippen MR) is 99.7 cm³/mol. The van der Waals surface area contributed by atoms with Crippen molar-refractivity contribution in [2.75, 3.05) is 26.3 Å². The topological polar surface area (TPSA) is 38.8 Å². The Morgan fingerprint density at radius 3 is 2.21 bits per heavy atom. The van der Waals surface area contributed by atoms with Crippen molar-refractivity contribution in [3.05, 3.63) is 22.2 Å². The highest BCUT2D eigenvalue weighted by atomic mass is 79.9. The van der Waals surface area contributed by atoms with E-state index in [0.29, 0.717) is 43.0 Å². The maximum Gasteiger partial charge on any atom is 0.227 e. The maximum atomic E-state index is 12.7. The Balaban J connectivity index is 2.16. The summed E-state index contributed by atoms with van der Waals surface area (Å²) in [6, 6.07) is 3.83. The lowest BCUT2D eigenvalue weighted by Crippen LogP contribution is -2.43. The highest BCUT2D eigenvalue weighted by Gasteiger charge is 2.26. The molecular formula is C19H28BrNO3. The standard InChI is InChI=1S/C19H28BrNO3/c1-5-23-17-8-15(16(20)10-18(17)24-6-2)9-19(22)21-11-13(3)7-14(4)12-21/h8,10,13-14H,5-7,9,11-12H2,1-4H3. The minimum absolute atomic E-state index is 0.181. The Morgan fingerprint density at radius 2 is 1.67 bits per heavy atom. The smallest absolute Gasteiger partial charge is 0.227 e. The van der Waals surface area contributed by atoms with Crippen LogP contribution in [-0.2, 0) is 11.2 Å². The molecule has 1 heterocycles. The van der Waals surface area contributed by atoms with Crippen LogP contribution in [-0.4, -0.2) is 37.1 Å². The van der Waals surface area contributed by atoms with Crippen LogP contribution in [0.4, 0.5) is 0 Å². The molecule has 1 aromatic rings. The summed E-state index contributed by atoms with van der Waals surface area (Å²) in [5.41, 5.74) is 0.942. The normalized spacial score (nSPS) is 20.8. The van der Waals surface area contributed by atoms with Gasteiger partial charge in [0.05, 0.1) is 19.6 Å². The number of hydrogen-bond acceptors (Lipinski definition) is 3. The summed E-state index contributed by atoms with van der Waals surface area (Å²) in [5.74, 6) is 2.73. The third-order valence-corrected chi connectivity index (χ3v) is 5.01. The number of likely N-dealkylation sites (tertiary alicyclic amines) is 1. The fraction of sp³-hybridized carbons (Fsp3) is 0.632. The quantitative estimate of drug-likeness (QED) is 0.718. The first kappa shape index (κ1) is 19.1. The van der Waals surface area contributed by atoms with Crippen molar-refractivity contribution in [1.82, 2.24) is 4.90 Å². The van der Waals surface area contributed by atoms with E-state index in [0.717, 1.165) is 23.1 Å². The van der Waals surface area contributed by atoms with Gasteiger partial charge in [-0.2, -0.15) is 0 Å². The van der Waals surface area contributed by atoms with Crippen molar-refractivity contribution in [2.24, 2.45) is 11.8 Å². The first-order chi connectivity index (χ1) is 11.4. The molecule has 0 N–H and O–H groups in total. The van der Waals surface area contributed by atoms with Crippen LogP contribution in [0, 0.1) is 11.8 Å². The summed E-state index contributed by atoms with van der Waals surface area (Å²) in [6.07, 6.45) is 1.58. The molecule has 1 aliphatic rings. The highest BCUT2D eigenvalue weighted by Crippen LogP contribution is 2.34. The fourth-order valence-corrected chi connectivity index (χ4v) is 3.85. The van der Waals surface area contributed by atoms with Gasteiger partial charge in [-0.3, -0.25) is 4.79 Å². The van der Waals surface area contributed by atoms with E-state index in [1.165, 1.54) is 6.42 Å². The van der Waals surface area contributed by atoms with E-state index in [-0.39, 0.29) is 5.91 Å². The Bertz CT molecular complexity index is 566. The van der Waals surface area contributed by atoms with Gasteiger partial charge in [-0.25, -0.2) is 0 Å². The van der Waals surface area contributed by atoms with Crippen LogP contribution in [0.15, 0.2) is 16.6 Å². The van der Waals surface area contributed by atoms with Gasteiger partial charge in [0, 0.05) is 17.6 Å². The molecule has 2 unspecified atom stereocenters. The Kier molecular flexibility index (Phi) is 6.96. The predicted octanol–water partition coefficient (Wildman–Crippen LogP) is 4.29. The Morgan fingerprint density at radius 1 is 1.12 bits per heavy atom.